The van der Waals surface area contributed by atoms with Crippen molar-refractivity contribution in [3.05, 3.63) is 52.1 Å². The van der Waals surface area contributed by atoms with Crippen LogP contribution in [0.3, 0.4) is 0 Å². The number of aromatic amines is 1. The second kappa shape index (κ2) is 8.59. The maximum atomic E-state index is 13.5. The van der Waals surface area contributed by atoms with Gasteiger partial charge in [0.1, 0.15) is 5.69 Å². The lowest BCUT2D eigenvalue weighted by Gasteiger charge is -2.08. The molecule has 1 aromatic carbocycles. The summed E-state index contributed by atoms with van der Waals surface area (Å²) in [7, 11) is 1.20. The Kier molecular flexibility index (Phi) is 6.45. The lowest BCUT2D eigenvalue weighted by atomic mass is 10.1. The van der Waals surface area contributed by atoms with Gasteiger partial charge in [-0.3, -0.25) is 4.79 Å². The molecule has 2 aromatic rings. The number of anilines is 1. The number of carbonyl (C=O) groups excluding carboxylic acids is 3. The number of methoxy groups -OCH3 is 1. The monoisotopic (exact) mass is 398 g/mol. The molecule has 0 aliphatic rings. The number of aryl methyl sites for hydroxylation is 1. The Morgan fingerprint density at radius 3 is 2.39 bits per heavy atom. The van der Waals surface area contributed by atoms with Gasteiger partial charge in [-0.15, -0.1) is 0 Å². The van der Waals surface area contributed by atoms with Gasteiger partial charge in [0.2, 0.25) is 0 Å². The zero-order valence-electron chi connectivity index (χ0n) is 15.2. The lowest BCUT2D eigenvalue weighted by Crippen LogP contribution is -2.22. The molecule has 1 amide bonds. The van der Waals surface area contributed by atoms with Gasteiger partial charge in [0, 0.05) is 5.69 Å². The predicted octanol–water partition coefficient (Wildman–Crippen LogP) is 2.88. The Morgan fingerprint density at radius 2 is 1.79 bits per heavy atom. The van der Waals surface area contributed by atoms with Gasteiger partial charge in [-0.2, -0.15) is 0 Å². The van der Waals surface area contributed by atoms with Gasteiger partial charge in [0.15, 0.2) is 24.1 Å². The summed E-state index contributed by atoms with van der Waals surface area (Å²) in [4.78, 5) is 38.6. The van der Waals surface area contributed by atoms with Gasteiger partial charge < -0.3 is 19.8 Å². The van der Waals surface area contributed by atoms with Gasteiger partial charge in [0.25, 0.3) is 5.91 Å². The number of esters is 2. The van der Waals surface area contributed by atoms with Crippen molar-refractivity contribution in [1.82, 2.24) is 4.98 Å². The minimum Gasteiger partial charge on any atom is -0.465 e. The number of nitrogens with one attached hydrogen (secondary N) is 2. The summed E-state index contributed by atoms with van der Waals surface area (Å²) < 4.78 is 49.1. The topological polar surface area (TPSA) is 97.5 Å². The number of rotatable bonds is 6. The molecule has 0 aliphatic carbocycles. The zero-order chi connectivity index (χ0) is 21.0. The first-order valence-electron chi connectivity index (χ1n) is 8.11. The molecule has 10 heteroatoms. The third-order valence-electron chi connectivity index (χ3n) is 3.92. The molecule has 1 aromatic heterocycles. The van der Waals surface area contributed by atoms with Crippen molar-refractivity contribution in [3.8, 4) is 0 Å². The SMILES string of the molecule is CCc1[nH]c(C(=O)OCC(=O)Nc2ccc(F)c(F)c2F)c(C)c1C(=O)OC. The molecule has 1 heterocycles. The zero-order valence-corrected chi connectivity index (χ0v) is 15.2. The van der Waals surface area contributed by atoms with E-state index in [1.165, 1.54) is 14.0 Å². The van der Waals surface area contributed by atoms with Crippen molar-refractivity contribution in [2.24, 2.45) is 0 Å². The quantitative estimate of drug-likeness (QED) is 0.576. The van der Waals surface area contributed by atoms with Crippen molar-refractivity contribution >= 4 is 23.5 Å². The van der Waals surface area contributed by atoms with E-state index in [0.717, 1.165) is 6.07 Å². The van der Waals surface area contributed by atoms with Crippen molar-refractivity contribution in [1.29, 1.82) is 0 Å². The number of hydrogen-bond acceptors (Lipinski definition) is 5. The van der Waals surface area contributed by atoms with Crippen LogP contribution in [0.25, 0.3) is 0 Å². The minimum absolute atomic E-state index is 0.0379. The van der Waals surface area contributed by atoms with Gasteiger partial charge in [-0.25, -0.2) is 22.8 Å². The summed E-state index contributed by atoms with van der Waals surface area (Å²) in [5.74, 6) is -7.24. The normalized spacial score (nSPS) is 10.5. The second-order valence-electron chi connectivity index (χ2n) is 5.67. The fourth-order valence-corrected chi connectivity index (χ4v) is 2.52. The Hall–Kier alpha value is -3.30. The fourth-order valence-electron chi connectivity index (χ4n) is 2.52. The van der Waals surface area contributed by atoms with Gasteiger partial charge in [-0.05, 0) is 31.0 Å². The number of amides is 1. The fraction of sp³-hybridized carbons (Fsp3) is 0.278. The summed E-state index contributed by atoms with van der Waals surface area (Å²) in [6.07, 6.45) is 0.411. The van der Waals surface area contributed by atoms with Crippen molar-refractivity contribution in [2.45, 2.75) is 20.3 Å². The number of H-pyrrole nitrogens is 1. The van der Waals surface area contributed by atoms with E-state index in [9.17, 15) is 27.6 Å². The molecule has 2 rings (SSSR count). The molecule has 0 radical (unpaired) electrons. The molecule has 150 valence electrons. The third-order valence-corrected chi connectivity index (χ3v) is 3.92. The minimum atomic E-state index is -1.74. The smallest absolute Gasteiger partial charge is 0.355 e. The lowest BCUT2D eigenvalue weighted by molar-refractivity contribution is -0.119. The van der Waals surface area contributed by atoms with E-state index in [4.69, 9.17) is 4.74 Å². The van der Waals surface area contributed by atoms with Crippen LogP contribution < -0.4 is 5.32 Å². The molecule has 0 aliphatic heterocycles. The molecule has 0 spiro atoms. The van der Waals surface area contributed by atoms with Crippen LogP contribution in [-0.4, -0.2) is 36.5 Å². The summed E-state index contributed by atoms with van der Waals surface area (Å²) in [6, 6.07) is 1.47. The maximum absolute atomic E-state index is 13.5. The van der Waals surface area contributed by atoms with Crippen molar-refractivity contribution < 1.29 is 37.0 Å². The van der Waals surface area contributed by atoms with Crippen LogP contribution in [0, 0.1) is 24.4 Å². The average molecular weight is 398 g/mol. The summed E-state index contributed by atoms with van der Waals surface area (Å²) >= 11 is 0. The van der Waals surface area contributed by atoms with Crippen LogP contribution in [-0.2, 0) is 20.7 Å². The van der Waals surface area contributed by atoms with Gasteiger partial charge in [-0.1, -0.05) is 6.92 Å². The van der Waals surface area contributed by atoms with Crippen LogP contribution in [0.4, 0.5) is 18.9 Å². The standard InChI is InChI=1S/C18H17F3N2O5/c1-4-10-13(17(25)27-3)8(2)16(23-10)18(26)28-7-12(24)22-11-6-5-9(19)14(20)15(11)21/h5-6,23H,4,7H2,1-3H3,(H,22,24). The van der Waals surface area contributed by atoms with Crippen LogP contribution in [0.1, 0.15) is 39.0 Å². The second-order valence-corrected chi connectivity index (χ2v) is 5.67. The molecular formula is C18H17F3N2O5. The van der Waals surface area contributed by atoms with E-state index in [2.05, 4.69) is 9.72 Å². The number of carbonyl (C=O) groups is 3. The van der Waals surface area contributed by atoms with Crippen LogP contribution in [0.2, 0.25) is 0 Å². The first kappa shape index (κ1) is 21.0. The molecular weight excluding hydrogens is 381 g/mol. The number of halogens is 3. The number of hydrogen-bond donors (Lipinski definition) is 2. The summed E-state index contributed by atoms with van der Waals surface area (Å²) in [5.41, 5.74) is 0.317. The molecule has 0 fully saturated rings. The molecule has 0 unspecified atom stereocenters. The highest BCUT2D eigenvalue weighted by Gasteiger charge is 2.25. The van der Waals surface area contributed by atoms with E-state index in [1.54, 1.807) is 6.92 Å². The maximum Gasteiger partial charge on any atom is 0.355 e. The Morgan fingerprint density at radius 1 is 1.11 bits per heavy atom. The molecule has 0 atom stereocenters. The molecule has 0 bridgehead atoms. The first-order chi connectivity index (χ1) is 13.2. The Balaban J connectivity index is 2.08. The Labute approximate surface area is 157 Å². The summed E-state index contributed by atoms with van der Waals surface area (Å²) in [5, 5.41) is 1.97. The van der Waals surface area contributed by atoms with Crippen molar-refractivity contribution in [2.75, 3.05) is 19.0 Å². The van der Waals surface area contributed by atoms with Gasteiger partial charge >= 0.3 is 11.9 Å². The van der Waals surface area contributed by atoms with E-state index in [-0.39, 0.29) is 11.3 Å². The average Bonchev–Trinajstić information content (AvgIpc) is 3.02. The van der Waals surface area contributed by atoms with Crippen molar-refractivity contribution in [3.63, 3.8) is 0 Å². The van der Waals surface area contributed by atoms with E-state index in [0.29, 0.717) is 23.7 Å². The summed E-state index contributed by atoms with van der Waals surface area (Å²) in [6.45, 7) is 2.45. The number of benzene rings is 1. The third kappa shape index (κ3) is 4.16. The molecule has 2 N–H and O–H groups in total. The number of ether oxygens (including phenoxy) is 2. The van der Waals surface area contributed by atoms with E-state index in [1.807, 2.05) is 5.32 Å². The molecule has 28 heavy (non-hydrogen) atoms. The predicted molar refractivity (Wildman–Crippen MR) is 91.5 cm³/mol. The van der Waals surface area contributed by atoms with Crippen LogP contribution in [0.5, 0.6) is 0 Å². The first-order valence-corrected chi connectivity index (χ1v) is 8.11. The number of aromatic nitrogens is 1. The highest BCUT2D eigenvalue weighted by Crippen LogP contribution is 2.21. The molecule has 7 nitrogen and oxygen atoms in total. The Bertz CT molecular complexity index is 940. The highest BCUT2D eigenvalue weighted by molar-refractivity contribution is 5.99. The van der Waals surface area contributed by atoms with Gasteiger partial charge in [0.05, 0.1) is 18.4 Å². The highest BCUT2D eigenvalue weighted by atomic mass is 19.2. The van der Waals surface area contributed by atoms with Crippen LogP contribution >= 0.6 is 0 Å². The largest absolute Gasteiger partial charge is 0.465 e. The molecule has 0 saturated carbocycles. The van der Waals surface area contributed by atoms with E-state index >= 15 is 0 Å². The molecule has 0 saturated heterocycles. The van der Waals surface area contributed by atoms with Crippen LogP contribution in [0.15, 0.2) is 12.1 Å². The van der Waals surface area contributed by atoms with E-state index < -0.39 is 47.6 Å².